The van der Waals surface area contributed by atoms with Gasteiger partial charge in [0.1, 0.15) is 12.4 Å². The Hall–Kier alpha value is -2.12. The molecule has 0 amide bonds. The fourth-order valence-electron chi connectivity index (χ4n) is 2.81. The number of carbonyl (C=O) groups is 1. The summed E-state index contributed by atoms with van der Waals surface area (Å²) in [5.41, 5.74) is 3.39. The molecule has 4 heteroatoms. The number of fused-ring (bicyclic) bond motifs is 1. The van der Waals surface area contributed by atoms with Gasteiger partial charge in [0.25, 0.3) is 0 Å². The highest BCUT2D eigenvalue weighted by Gasteiger charge is 2.26. The van der Waals surface area contributed by atoms with E-state index >= 15 is 0 Å². The van der Waals surface area contributed by atoms with Crippen molar-refractivity contribution in [1.29, 1.82) is 5.26 Å². The van der Waals surface area contributed by atoms with Crippen LogP contribution in [0.1, 0.15) is 39.3 Å². The van der Waals surface area contributed by atoms with E-state index < -0.39 is 0 Å². The van der Waals surface area contributed by atoms with Gasteiger partial charge in [-0.2, -0.15) is 5.26 Å². The summed E-state index contributed by atoms with van der Waals surface area (Å²) in [6.45, 7) is 3.07. The van der Waals surface area contributed by atoms with Crippen LogP contribution in [-0.2, 0) is 6.42 Å². The highest BCUT2D eigenvalue weighted by atomic mass is 32.1. The number of thiophene rings is 1. The molecular formula is C16H14N2OS. The Bertz CT molecular complexity index is 699. The van der Waals surface area contributed by atoms with Crippen molar-refractivity contribution in [2.75, 3.05) is 11.4 Å². The lowest BCUT2D eigenvalue weighted by Gasteiger charge is -2.36. The Balaban J connectivity index is 2.02. The summed E-state index contributed by atoms with van der Waals surface area (Å²) >= 11 is 1.80. The van der Waals surface area contributed by atoms with Crippen LogP contribution in [0.2, 0.25) is 0 Å². The average Bonchev–Trinajstić information content (AvgIpc) is 2.96. The number of benzene rings is 1. The van der Waals surface area contributed by atoms with Crippen LogP contribution < -0.4 is 4.90 Å². The minimum Gasteiger partial charge on any atom is -0.363 e. The van der Waals surface area contributed by atoms with Crippen molar-refractivity contribution in [3.63, 3.8) is 0 Å². The zero-order valence-corrected chi connectivity index (χ0v) is 12.0. The molecule has 0 fully saturated rings. The summed E-state index contributed by atoms with van der Waals surface area (Å²) in [7, 11) is 0. The molecule has 1 atom stereocenters. The number of rotatable bonds is 2. The van der Waals surface area contributed by atoms with E-state index in [9.17, 15) is 10.1 Å². The Morgan fingerprint density at radius 2 is 2.30 bits per heavy atom. The normalized spacial score (nSPS) is 17.4. The first-order chi connectivity index (χ1) is 9.74. The number of hydrogen-bond acceptors (Lipinski definition) is 4. The zero-order valence-electron chi connectivity index (χ0n) is 11.2. The van der Waals surface area contributed by atoms with Gasteiger partial charge in [-0.05, 0) is 48.6 Å². The quantitative estimate of drug-likeness (QED) is 0.791. The maximum absolute atomic E-state index is 10.8. The molecular weight excluding hydrogens is 268 g/mol. The summed E-state index contributed by atoms with van der Waals surface area (Å²) in [5, 5.41) is 11.5. The van der Waals surface area contributed by atoms with Crippen molar-refractivity contribution >= 4 is 23.3 Å². The van der Waals surface area contributed by atoms with E-state index in [-0.39, 0.29) is 6.04 Å². The highest BCUT2D eigenvalue weighted by molar-refractivity contribution is 7.10. The fraction of sp³-hybridized carbons (Fsp3) is 0.250. The molecule has 1 aromatic carbocycles. The predicted molar refractivity (Wildman–Crippen MR) is 80.3 cm³/mol. The lowest BCUT2D eigenvalue weighted by Crippen LogP contribution is -2.33. The van der Waals surface area contributed by atoms with Gasteiger partial charge in [0.05, 0.1) is 17.3 Å². The van der Waals surface area contributed by atoms with Crippen molar-refractivity contribution in [2.45, 2.75) is 19.4 Å². The van der Waals surface area contributed by atoms with E-state index in [2.05, 4.69) is 29.3 Å². The smallest absolute Gasteiger partial charge is 0.150 e. The average molecular weight is 282 g/mol. The van der Waals surface area contributed by atoms with Crippen LogP contribution in [0.4, 0.5) is 5.69 Å². The third-order valence-corrected chi connectivity index (χ3v) is 4.86. The van der Waals surface area contributed by atoms with E-state index in [0.717, 1.165) is 24.9 Å². The zero-order chi connectivity index (χ0) is 14.1. The molecule has 2 aromatic rings. The van der Waals surface area contributed by atoms with E-state index in [4.69, 9.17) is 0 Å². The molecule has 0 saturated heterocycles. The molecule has 0 saturated carbocycles. The highest BCUT2D eigenvalue weighted by Crippen LogP contribution is 2.37. The van der Waals surface area contributed by atoms with Gasteiger partial charge in [0.15, 0.2) is 0 Å². The number of hydrogen-bond donors (Lipinski definition) is 0. The van der Waals surface area contributed by atoms with Crippen molar-refractivity contribution in [3.8, 4) is 6.07 Å². The Kier molecular flexibility index (Phi) is 3.29. The topological polar surface area (TPSA) is 44.1 Å². The van der Waals surface area contributed by atoms with Gasteiger partial charge in [-0.1, -0.05) is 0 Å². The van der Waals surface area contributed by atoms with Gasteiger partial charge in [0, 0.05) is 17.0 Å². The molecule has 0 N–H and O–H groups in total. The molecule has 1 aromatic heterocycles. The molecule has 0 aliphatic carbocycles. The molecule has 2 heterocycles. The number of aldehydes is 1. The maximum atomic E-state index is 10.8. The molecule has 1 aliphatic heterocycles. The number of nitriles is 1. The first-order valence-electron chi connectivity index (χ1n) is 6.57. The molecule has 3 rings (SSSR count). The van der Waals surface area contributed by atoms with Crippen molar-refractivity contribution in [2.24, 2.45) is 0 Å². The van der Waals surface area contributed by atoms with Crippen LogP contribution >= 0.6 is 11.3 Å². The van der Waals surface area contributed by atoms with E-state index in [0.29, 0.717) is 11.1 Å². The van der Waals surface area contributed by atoms with Gasteiger partial charge in [0.2, 0.25) is 0 Å². The molecule has 20 heavy (non-hydrogen) atoms. The summed E-state index contributed by atoms with van der Waals surface area (Å²) in [4.78, 5) is 14.5. The maximum Gasteiger partial charge on any atom is 0.150 e. The van der Waals surface area contributed by atoms with Crippen molar-refractivity contribution in [3.05, 3.63) is 51.2 Å². The second-order valence-electron chi connectivity index (χ2n) is 4.92. The number of nitrogens with zero attached hydrogens (tertiary/aromatic N) is 2. The van der Waals surface area contributed by atoms with E-state index in [1.807, 2.05) is 6.07 Å². The standard InChI is InChI=1S/C16H14N2OS/c1-11-14-5-7-20-16(14)4-6-18(11)15-3-2-12(10-19)8-13(15)9-17/h2-3,5,7-8,10-11H,4,6H2,1H3. The van der Waals surface area contributed by atoms with Crippen LogP contribution in [0.15, 0.2) is 29.6 Å². The molecule has 1 aliphatic rings. The van der Waals surface area contributed by atoms with Gasteiger partial charge in [-0.3, -0.25) is 4.79 Å². The predicted octanol–water partition coefficient (Wildman–Crippen LogP) is 3.56. The molecule has 0 spiro atoms. The molecule has 1 unspecified atom stereocenters. The van der Waals surface area contributed by atoms with Crippen molar-refractivity contribution < 1.29 is 4.79 Å². The lowest BCUT2D eigenvalue weighted by atomic mass is 9.99. The third-order valence-electron chi connectivity index (χ3n) is 3.86. The lowest BCUT2D eigenvalue weighted by molar-refractivity contribution is 0.112. The van der Waals surface area contributed by atoms with Gasteiger partial charge in [-0.25, -0.2) is 0 Å². The summed E-state index contributed by atoms with van der Waals surface area (Å²) in [5.74, 6) is 0. The second kappa shape index (κ2) is 5.10. The van der Waals surface area contributed by atoms with Gasteiger partial charge < -0.3 is 4.90 Å². The van der Waals surface area contributed by atoms with Crippen molar-refractivity contribution in [1.82, 2.24) is 0 Å². The SMILES string of the molecule is CC1c2ccsc2CCN1c1ccc(C=O)cc1C#N. The van der Waals surface area contributed by atoms with E-state index in [1.165, 1.54) is 10.4 Å². The summed E-state index contributed by atoms with van der Waals surface area (Å²) in [6, 6.07) is 9.97. The Labute approximate surface area is 122 Å². The minimum atomic E-state index is 0.263. The van der Waals surface area contributed by atoms with E-state index in [1.54, 1.807) is 23.5 Å². The first kappa shape index (κ1) is 12.9. The number of anilines is 1. The third kappa shape index (κ3) is 2.00. The second-order valence-corrected chi connectivity index (χ2v) is 5.93. The number of carbonyl (C=O) groups excluding carboxylic acids is 1. The van der Waals surface area contributed by atoms with Crippen LogP contribution in [0, 0.1) is 11.3 Å². The Morgan fingerprint density at radius 3 is 3.05 bits per heavy atom. The molecule has 0 radical (unpaired) electrons. The Morgan fingerprint density at radius 1 is 1.45 bits per heavy atom. The monoisotopic (exact) mass is 282 g/mol. The summed E-state index contributed by atoms with van der Waals surface area (Å²) in [6.07, 6.45) is 1.79. The molecule has 0 bridgehead atoms. The van der Waals surface area contributed by atoms with Gasteiger partial charge in [-0.15, -0.1) is 11.3 Å². The van der Waals surface area contributed by atoms with Crippen LogP contribution in [0.25, 0.3) is 0 Å². The molecule has 3 nitrogen and oxygen atoms in total. The van der Waals surface area contributed by atoms with Crippen LogP contribution in [0.5, 0.6) is 0 Å². The summed E-state index contributed by atoms with van der Waals surface area (Å²) < 4.78 is 0. The molecule has 100 valence electrons. The van der Waals surface area contributed by atoms with Gasteiger partial charge >= 0.3 is 0 Å². The fourth-order valence-corrected chi connectivity index (χ4v) is 3.77. The van der Waals surface area contributed by atoms with Crippen LogP contribution in [0.3, 0.4) is 0 Å². The minimum absolute atomic E-state index is 0.263. The largest absolute Gasteiger partial charge is 0.363 e. The first-order valence-corrected chi connectivity index (χ1v) is 7.45. The van der Waals surface area contributed by atoms with Crippen LogP contribution in [-0.4, -0.2) is 12.8 Å².